The Kier molecular flexibility index (Phi) is 5.61. The van der Waals surface area contributed by atoms with Crippen LogP contribution >= 0.6 is 0 Å². The molecule has 0 radical (unpaired) electrons. The molecule has 0 aliphatic heterocycles. The largest absolute Gasteiger partial charge is 0.465 e. The molecular formula is C9H13NO2. The van der Waals surface area contributed by atoms with E-state index in [1.54, 1.807) is 18.4 Å². The molecule has 0 atom stereocenters. The second kappa shape index (κ2) is 6.34. The molecular weight excluding hydrogens is 154 g/mol. The number of allylic oxidation sites excluding steroid dienone is 1. The normalized spacial score (nSPS) is 10.8. The van der Waals surface area contributed by atoms with E-state index in [1.807, 2.05) is 6.92 Å². The van der Waals surface area contributed by atoms with Crippen molar-refractivity contribution in [3.63, 3.8) is 0 Å². The minimum atomic E-state index is -0.420. The van der Waals surface area contributed by atoms with Gasteiger partial charge in [0, 0.05) is 12.8 Å². The molecule has 0 aromatic rings. The monoisotopic (exact) mass is 167 g/mol. The lowest BCUT2D eigenvalue weighted by atomic mass is 10.3. The van der Waals surface area contributed by atoms with Crippen molar-refractivity contribution in [1.29, 1.82) is 0 Å². The van der Waals surface area contributed by atoms with Crippen molar-refractivity contribution >= 4 is 12.2 Å². The summed E-state index contributed by atoms with van der Waals surface area (Å²) in [6.45, 7) is 6.16. The SMILES string of the molecule is C=C(/C=C\C=N\CC)C(=O)OC. The molecule has 0 aromatic heterocycles. The van der Waals surface area contributed by atoms with E-state index in [2.05, 4.69) is 16.3 Å². The zero-order chi connectivity index (χ0) is 9.40. The van der Waals surface area contributed by atoms with Crippen LogP contribution < -0.4 is 0 Å². The molecule has 0 N–H and O–H groups in total. The highest BCUT2D eigenvalue weighted by atomic mass is 16.5. The molecule has 3 heteroatoms. The minimum absolute atomic E-state index is 0.319. The maximum atomic E-state index is 10.8. The minimum Gasteiger partial charge on any atom is -0.465 e. The summed E-state index contributed by atoms with van der Waals surface area (Å²) >= 11 is 0. The Hall–Kier alpha value is -1.38. The van der Waals surface area contributed by atoms with Gasteiger partial charge < -0.3 is 4.74 Å². The van der Waals surface area contributed by atoms with Crippen LogP contribution in [0.3, 0.4) is 0 Å². The van der Waals surface area contributed by atoms with Crippen molar-refractivity contribution in [2.45, 2.75) is 6.92 Å². The number of rotatable bonds is 4. The molecule has 0 amide bonds. The Labute approximate surface area is 72.4 Å². The van der Waals surface area contributed by atoms with Crippen LogP contribution in [0.4, 0.5) is 0 Å². The molecule has 0 spiro atoms. The second-order valence-corrected chi connectivity index (χ2v) is 2.02. The highest BCUT2D eigenvalue weighted by molar-refractivity contribution is 5.91. The lowest BCUT2D eigenvalue weighted by molar-refractivity contribution is -0.135. The summed E-state index contributed by atoms with van der Waals surface area (Å²) < 4.78 is 4.43. The number of carbonyl (C=O) groups excluding carboxylic acids is 1. The number of methoxy groups -OCH3 is 1. The van der Waals surface area contributed by atoms with Crippen molar-refractivity contribution < 1.29 is 9.53 Å². The Morgan fingerprint density at radius 2 is 2.33 bits per heavy atom. The van der Waals surface area contributed by atoms with Gasteiger partial charge in [0.25, 0.3) is 0 Å². The van der Waals surface area contributed by atoms with E-state index in [0.717, 1.165) is 6.54 Å². The topological polar surface area (TPSA) is 38.7 Å². The summed E-state index contributed by atoms with van der Waals surface area (Å²) in [7, 11) is 1.32. The number of esters is 1. The van der Waals surface area contributed by atoms with E-state index >= 15 is 0 Å². The first-order valence-corrected chi connectivity index (χ1v) is 3.66. The van der Waals surface area contributed by atoms with Crippen LogP contribution in [-0.4, -0.2) is 25.8 Å². The Morgan fingerprint density at radius 1 is 1.67 bits per heavy atom. The average Bonchev–Trinajstić information content (AvgIpc) is 2.10. The van der Waals surface area contributed by atoms with Crippen LogP contribution in [0.15, 0.2) is 29.3 Å². The molecule has 0 heterocycles. The molecule has 0 rings (SSSR count). The molecule has 12 heavy (non-hydrogen) atoms. The molecule has 0 unspecified atom stereocenters. The van der Waals surface area contributed by atoms with Crippen LogP contribution in [0.1, 0.15) is 6.92 Å². The number of hydrogen-bond donors (Lipinski definition) is 0. The second-order valence-electron chi connectivity index (χ2n) is 2.02. The van der Waals surface area contributed by atoms with E-state index in [0.29, 0.717) is 5.57 Å². The number of nitrogens with zero attached hydrogens (tertiary/aromatic N) is 1. The van der Waals surface area contributed by atoms with E-state index in [-0.39, 0.29) is 0 Å². The summed E-state index contributed by atoms with van der Waals surface area (Å²) in [4.78, 5) is 14.7. The van der Waals surface area contributed by atoms with Gasteiger partial charge in [0.2, 0.25) is 0 Å². The highest BCUT2D eigenvalue weighted by Crippen LogP contribution is 1.94. The maximum Gasteiger partial charge on any atom is 0.337 e. The lowest BCUT2D eigenvalue weighted by Gasteiger charge is -1.94. The number of ether oxygens (including phenoxy) is 1. The van der Waals surface area contributed by atoms with Crippen LogP contribution in [0.2, 0.25) is 0 Å². The predicted octanol–water partition coefficient (Wildman–Crippen LogP) is 1.36. The van der Waals surface area contributed by atoms with Gasteiger partial charge in [-0.3, -0.25) is 4.99 Å². The zero-order valence-electron chi connectivity index (χ0n) is 7.41. The Balaban J connectivity index is 3.91. The van der Waals surface area contributed by atoms with Crippen molar-refractivity contribution in [1.82, 2.24) is 0 Å². The smallest absolute Gasteiger partial charge is 0.337 e. The van der Waals surface area contributed by atoms with Crippen molar-refractivity contribution in [3.05, 3.63) is 24.3 Å². The van der Waals surface area contributed by atoms with Gasteiger partial charge in [-0.25, -0.2) is 4.79 Å². The standard InChI is InChI=1S/C9H13NO2/c1-4-10-7-5-6-8(2)9(11)12-3/h5-7H,2,4H2,1,3H3/b6-5-,10-7+. The zero-order valence-corrected chi connectivity index (χ0v) is 7.41. The Morgan fingerprint density at radius 3 is 2.83 bits per heavy atom. The maximum absolute atomic E-state index is 10.8. The van der Waals surface area contributed by atoms with E-state index in [4.69, 9.17) is 0 Å². The van der Waals surface area contributed by atoms with Gasteiger partial charge in [0.05, 0.1) is 12.7 Å². The predicted molar refractivity (Wildman–Crippen MR) is 49.3 cm³/mol. The molecule has 3 nitrogen and oxygen atoms in total. The van der Waals surface area contributed by atoms with Crippen molar-refractivity contribution in [2.75, 3.05) is 13.7 Å². The summed E-state index contributed by atoms with van der Waals surface area (Å²) in [6, 6.07) is 0. The molecule has 66 valence electrons. The fourth-order valence-electron chi connectivity index (χ4n) is 0.525. The van der Waals surface area contributed by atoms with Gasteiger partial charge in [-0.15, -0.1) is 0 Å². The van der Waals surface area contributed by atoms with Gasteiger partial charge in [-0.05, 0) is 19.1 Å². The summed E-state index contributed by atoms with van der Waals surface area (Å²) in [5.74, 6) is -0.420. The lowest BCUT2D eigenvalue weighted by Crippen LogP contribution is -2.00. The van der Waals surface area contributed by atoms with Gasteiger partial charge in [0.1, 0.15) is 0 Å². The molecule has 0 bridgehead atoms. The summed E-state index contributed by atoms with van der Waals surface area (Å²) in [5, 5.41) is 0. The van der Waals surface area contributed by atoms with Gasteiger partial charge >= 0.3 is 5.97 Å². The molecule has 0 aliphatic rings. The van der Waals surface area contributed by atoms with Crippen LogP contribution in [-0.2, 0) is 9.53 Å². The average molecular weight is 167 g/mol. The van der Waals surface area contributed by atoms with Crippen molar-refractivity contribution in [2.24, 2.45) is 4.99 Å². The number of carbonyl (C=O) groups is 1. The fourth-order valence-corrected chi connectivity index (χ4v) is 0.525. The molecule has 0 saturated carbocycles. The van der Waals surface area contributed by atoms with Crippen molar-refractivity contribution in [3.8, 4) is 0 Å². The van der Waals surface area contributed by atoms with Gasteiger partial charge in [0.15, 0.2) is 0 Å². The van der Waals surface area contributed by atoms with E-state index < -0.39 is 5.97 Å². The first-order chi connectivity index (χ1) is 5.72. The summed E-state index contributed by atoms with van der Waals surface area (Å²) in [5.41, 5.74) is 0.319. The molecule has 0 fully saturated rings. The van der Waals surface area contributed by atoms with Crippen LogP contribution in [0, 0.1) is 0 Å². The first-order valence-electron chi connectivity index (χ1n) is 3.66. The Bertz CT molecular complexity index is 217. The fraction of sp³-hybridized carbons (Fsp3) is 0.333. The third-order valence-electron chi connectivity index (χ3n) is 1.12. The number of hydrogen-bond acceptors (Lipinski definition) is 3. The van der Waals surface area contributed by atoms with Gasteiger partial charge in [-0.2, -0.15) is 0 Å². The molecule has 0 aromatic carbocycles. The third kappa shape index (κ3) is 4.44. The highest BCUT2D eigenvalue weighted by Gasteiger charge is 1.99. The van der Waals surface area contributed by atoms with E-state index in [1.165, 1.54) is 7.11 Å². The third-order valence-corrected chi connectivity index (χ3v) is 1.12. The molecule has 0 saturated heterocycles. The summed E-state index contributed by atoms with van der Waals surface area (Å²) in [6.07, 6.45) is 4.84. The number of aliphatic imine (C=N–C) groups is 1. The first kappa shape index (κ1) is 10.6. The molecule has 0 aliphatic carbocycles. The van der Waals surface area contributed by atoms with Crippen LogP contribution in [0.5, 0.6) is 0 Å². The van der Waals surface area contributed by atoms with E-state index in [9.17, 15) is 4.79 Å². The van der Waals surface area contributed by atoms with Crippen LogP contribution in [0.25, 0.3) is 0 Å². The van der Waals surface area contributed by atoms with Gasteiger partial charge in [-0.1, -0.05) is 6.58 Å². The quantitative estimate of drug-likeness (QED) is 0.274.